The number of rotatable bonds is 7. The molecule has 0 bridgehead atoms. The van der Waals surface area contributed by atoms with Crippen molar-refractivity contribution in [1.82, 2.24) is 0 Å². The monoisotopic (exact) mass is 265 g/mol. The number of hydrogen-bond acceptors (Lipinski definition) is 3. The smallest absolute Gasteiger partial charge is 0.308 e. The highest BCUT2D eigenvalue weighted by molar-refractivity contribution is 5.78. The van der Waals surface area contributed by atoms with Gasteiger partial charge in [0.1, 0.15) is 0 Å². The Kier molecular flexibility index (Phi) is 5.36. The minimum atomic E-state index is -1.10. The van der Waals surface area contributed by atoms with Crippen LogP contribution in [0.1, 0.15) is 24.5 Å². The van der Waals surface area contributed by atoms with Crippen LogP contribution < -0.4 is 5.32 Å². The molecular formula is C14H19NO4. The number of anilines is 1. The largest absolute Gasteiger partial charge is 0.481 e. The van der Waals surface area contributed by atoms with Gasteiger partial charge in [-0.3, -0.25) is 9.59 Å². The van der Waals surface area contributed by atoms with E-state index in [1.54, 1.807) is 0 Å². The van der Waals surface area contributed by atoms with Crippen molar-refractivity contribution in [2.24, 2.45) is 5.92 Å². The van der Waals surface area contributed by atoms with Crippen LogP contribution in [-0.4, -0.2) is 28.7 Å². The van der Waals surface area contributed by atoms with Crippen LogP contribution in [0.5, 0.6) is 0 Å². The number of nitrogens with one attached hydrogen (secondary N) is 1. The van der Waals surface area contributed by atoms with Crippen LogP contribution in [0.4, 0.5) is 5.69 Å². The molecule has 0 amide bonds. The maximum absolute atomic E-state index is 11.0. The molecule has 0 saturated carbocycles. The second-order valence-electron chi connectivity index (χ2n) is 4.48. The molecule has 1 aromatic rings. The predicted molar refractivity (Wildman–Crippen MR) is 72.4 cm³/mol. The van der Waals surface area contributed by atoms with Crippen LogP contribution in [0.15, 0.2) is 18.2 Å². The number of benzene rings is 1. The molecule has 0 aromatic heterocycles. The normalized spacial score (nSPS) is 11.9. The topological polar surface area (TPSA) is 86.6 Å². The summed E-state index contributed by atoms with van der Waals surface area (Å²) in [5.74, 6) is -3.13. The van der Waals surface area contributed by atoms with Crippen molar-refractivity contribution in [3.05, 3.63) is 29.3 Å². The highest BCUT2D eigenvalue weighted by atomic mass is 16.4. The van der Waals surface area contributed by atoms with Gasteiger partial charge in [0.25, 0.3) is 0 Å². The second-order valence-corrected chi connectivity index (χ2v) is 4.48. The van der Waals surface area contributed by atoms with E-state index in [0.29, 0.717) is 0 Å². The van der Waals surface area contributed by atoms with Crippen molar-refractivity contribution in [3.8, 4) is 0 Å². The van der Waals surface area contributed by atoms with Crippen LogP contribution in [0.3, 0.4) is 0 Å². The first kappa shape index (κ1) is 15.0. The lowest BCUT2D eigenvalue weighted by molar-refractivity contribution is -0.147. The highest BCUT2D eigenvalue weighted by Gasteiger charge is 2.21. The first-order chi connectivity index (χ1) is 8.95. The predicted octanol–water partition coefficient (Wildman–Crippen LogP) is 2.14. The molecule has 3 N–H and O–H groups in total. The fraction of sp³-hybridized carbons (Fsp3) is 0.429. The van der Waals surface area contributed by atoms with E-state index in [0.717, 1.165) is 23.2 Å². The zero-order valence-corrected chi connectivity index (χ0v) is 11.1. The summed E-state index contributed by atoms with van der Waals surface area (Å²) in [5, 5.41) is 20.8. The van der Waals surface area contributed by atoms with E-state index in [-0.39, 0.29) is 13.0 Å². The van der Waals surface area contributed by atoms with E-state index in [9.17, 15) is 9.59 Å². The zero-order valence-electron chi connectivity index (χ0n) is 11.1. The zero-order chi connectivity index (χ0) is 14.4. The van der Waals surface area contributed by atoms with Crippen molar-refractivity contribution >= 4 is 17.6 Å². The molecule has 0 radical (unpaired) electrons. The Bertz CT molecular complexity index is 471. The van der Waals surface area contributed by atoms with E-state index in [1.165, 1.54) is 0 Å². The molecule has 1 aromatic carbocycles. The van der Waals surface area contributed by atoms with E-state index >= 15 is 0 Å². The minimum absolute atomic E-state index is 0.111. The third-order valence-corrected chi connectivity index (χ3v) is 3.04. The molecule has 5 nitrogen and oxygen atoms in total. The molecule has 19 heavy (non-hydrogen) atoms. The lowest BCUT2D eigenvalue weighted by atomic mass is 10.0. The summed E-state index contributed by atoms with van der Waals surface area (Å²) >= 11 is 0. The highest BCUT2D eigenvalue weighted by Crippen LogP contribution is 2.21. The number of carbonyl (C=O) groups is 2. The van der Waals surface area contributed by atoms with Crippen molar-refractivity contribution < 1.29 is 19.8 Å². The fourth-order valence-corrected chi connectivity index (χ4v) is 1.96. The van der Waals surface area contributed by atoms with Gasteiger partial charge in [-0.25, -0.2) is 0 Å². The Labute approximate surface area is 112 Å². The van der Waals surface area contributed by atoms with E-state index in [1.807, 2.05) is 32.0 Å². The molecule has 0 aliphatic carbocycles. The van der Waals surface area contributed by atoms with E-state index in [2.05, 4.69) is 5.32 Å². The second kappa shape index (κ2) is 6.78. The van der Waals surface area contributed by atoms with Gasteiger partial charge in [-0.15, -0.1) is 0 Å². The quantitative estimate of drug-likeness (QED) is 0.703. The minimum Gasteiger partial charge on any atom is -0.481 e. The SMILES string of the molecule is CCc1cccc(C)c1NCC(CC(=O)O)C(=O)O. The molecule has 1 rings (SSSR count). The Balaban J connectivity index is 2.79. The van der Waals surface area contributed by atoms with Crippen LogP contribution in [-0.2, 0) is 16.0 Å². The summed E-state index contributed by atoms with van der Waals surface area (Å²) in [6.07, 6.45) is 0.455. The van der Waals surface area contributed by atoms with Gasteiger partial charge in [-0.1, -0.05) is 25.1 Å². The summed E-state index contributed by atoms with van der Waals surface area (Å²) < 4.78 is 0. The Morgan fingerprint density at radius 1 is 1.32 bits per heavy atom. The van der Waals surface area contributed by atoms with Crippen molar-refractivity contribution in [3.63, 3.8) is 0 Å². The maximum Gasteiger partial charge on any atom is 0.308 e. The Hall–Kier alpha value is -2.04. The lowest BCUT2D eigenvalue weighted by Gasteiger charge is -2.17. The molecule has 104 valence electrons. The molecule has 1 atom stereocenters. The number of hydrogen-bond donors (Lipinski definition) is 3. The van der Waals surface area contributed by atoms with Gasteiger partial charge in [-0.2, -0.15) is 0 Å². The first-order valence-corrected chi connectivity index (χ1v) is 6.22. The average molecular weight is 265 g/mol. The third-order valence-electron chi connectivity index (χ3n) is 3.04. The van der Waals surface area contributed by atoms with Crippen LogP contribution in [0, 0.1) is 12.8 Å². The van der Waals surface area contributed by atoms with Gasteiger partial charge in [0.2, 0.25) is 0 Å². The van der Waals surface area contributed by atoms with Gasteiger partial charge in [0.15, 0.2) is 0 Å². The molecule has 0 heterocycles. The van der Waals surface area contributed by atoms with Gasteiger partial charge in [0.05, 0.1) is 12.3 Å². The lowest BCUT2D eigenvalue weighted by Crippen LogP contribution is -2.26. The van der Waals surface area contributed by atoms with Gasteiger partial charge in [0, 0.05) is 12.2 Å². The molecular weight excluding hydrogens is 246 g/mol. The van der Waals surface area contributed by atoms with Gasteiger partial charge in [-0.05, 0) is 24.5 Å². The first-order valence-electron chi connectivity index (χ1n) is 6.22. The number of carboxylic acids is 2. The molecule has 0 fully saturated rings. The third kappa shape index (κ3) is 4.28. The van der Waals surface area contributed by atoms with Gasteiger partial charge < -0.3 is 15.5 Å². The Morgan fingerprint density at radius 3 is 2.53 bits per heavy atom. The fourth-order valence-electron chi connectivity index (χ4n) is 1.96. The molecule has 0 saturated heterocycles. The van der Waals surface area contributed by atoms with Crippen LogP contribution >= 0.6 is 0 Å². The summed E-state index contributed by atoms with van der Waals surface area (Å²) in [5.41, 5.74) is 3.03. The van der Waals surface area contributed by atoms with Crippen LogP contribution in [0.2, 0.25) is 0 Å². The number of para-hydroxylation sites is 1. The van der Waals surface area contributed by atoms with Crippen molar-refractivity contribution in [1.29, 1.82) is 0 Å². The van der Waals surface area contributed by atoms with Crippen LogP contribution in [0.25, 0.3) is 0 Å². The molecule has 1 unspecified atom stereocenters. The summed E-state index contributed by atoms with van der Waals surface area (Å²) in [7, 11) is 0. The standard InChI is InChI=1S/C14H19NO4/c1-3-10-6-4-5-9(2)13(10)15-8-11(14(18)19)7-12(16)17/h4-6,11,15H,3,7-8H2,1-2H3,(H,16,17)(H,18,19). The maximum atomic E-state index is 11.0. The number of carboxylic acid groups (broad SMARTS) is 2. The summed E-state index contributed by atoms with van der Waals surface area (Å²) in [6, 6.07) is 5.86. The van der Waals surface area contributed by atoms with E-state index in [4.69, 9.17) is 10.2 Å². The number of aryl methyl sites for hydroxylation is 2. The Morgan fingerprint density at radius 2 is 2.00 bits per heavy atom. The molecule has 0 aliphatic rings. The van der Waals surface area contributed by atoms with Crippen molar-refractivity contribution in [2.45, 2.75) is 26.7 Å². The molecule has 0 spiro atoms. The molecule has 0 aliphatic heterocycles. The summed E-state index contributed by atoms with van der Waals surface area (Å²) in [4.78, 5) is 21.6. The average Bonchev–Trinajstić information content (AvgIpc) is 2.34. The van der Waals surface area contributed by atoms with Crippen molar-refractivity contribution in [2.75, 3.05) is 11.9 Å². The van der Waals surface area contributed by atoms with E-state index < -0.39 is 17.9 Å². The molecule has 5 heteroatoms. The van der Waals surface area contributed by atoms with Gasteiger partial charge >= 0.3 is 11.9 Å². The summed E-state index contributed by atoms with van der Waals surface area (Å²) in [6.45, 7) is 4.07. The number of aliphatic carboxylic acids is 2.